The molecule has 0 saturated carbocycles. The van der Waals surface area contributed by atoms with Gasteiger partial charge in [-0.15, -0.1) is 0 Å². The van der Waals surface area contributed by atoms with Gasteiger partial charge in [-0.2, -0.15) is 5.26 Å². The molecule has 2 N–H and O–H groups in total. The number of nitrogens with two attached hydrogens (primary N) is 1. The van der Waals surface area contributed by atoms with E-state index in [0.717, 1.165) is 33.0 Å². The monoisotopic (exact) mass is 348 g/mol. The zero-order chi connectivity index (χ0) is 18.4. The summed E-state index contributed by atoms with van der Waals surface area (Å²) in [7, 11) is 0. The SMILES string of the molecule is N#CC1=C(N)Oc2c(ccc3ccccc23)[C@@H]1c1ccc2ccccc2c1. The van der Waals surface area contributed by atoms with E-state index in [1.165, 1.54) is 5.39 Å². The van der Waals surface area contributed by atoms with Crippen LogP contribution in [0.4, 0.5) is 0 Å². The molecule has 0 saturated heterocycles. The highest BCUT2D eigenvalue weighted by Gasteiger charge is 2.31. The lowest BCUT2D eigenvalue weighted by Crippen LogP contribution is -2.21. The lowest BCUT2D eigenvalue weighted by molar-refractivity contribution is 0.398. The third-order valence-electron chi connectivity index (χ3n) is 5.21. The van der Waals surface area contributed by atoms with Crippen molar-refractivity contribution < 1.29 is 4.74 Å². The van der Waals surface area contributed by atoms with Crippen molar-refractivity contribution >= 4 is 21.5 Å². The van der Waals surface area contributed by atoms with Gasteiger partial charge in [0.25, 0.3) is 0 Å². The van der Waals surface area contributed by atoms with Gasteiger partial charge in [0.05, 0.1) is 5.92 Å². The lowest BCUT2D eigenvalue weighted by atomic mass is 9.82. The minimum atomic E-state index is -0.243. The average Bonchev–Trinajstić information content (AvgIpc) is 2.72. The van der Waals surface area contributed by atoms with Gasteiger partial charge >= 0.3 is 0 Å². The van der Waals surface area contributed by atoms with E-state index >= 15 is 0 Å². The largest absolute Gasteiger partial charge is 0.440 e. The summed E-state index contributed by atoms with van der Waals surface area (Å²) < 4.78 is 5.92. The Morgan fingerprint density at radius 1 is 0.815 bits per heavy atom. The van der Waals surface area contributed by atoms with Crippen LogP contribution in [0.25, 0.3) is 21.5 Å². The van der Waals surface area contributed by atoms with Crippen LogP contribution in [0.5, 0.6) is 5.75 Å². The van der Waals surface area contributed by atoms with E-state index < -0.39 is 0 Å². The summed E-state index contributed by atoms with van der Waals surface area (Å²) in [5, 5.41) is 14.2. The van der Waals surface area contributed by atoms with Crippen LogP contribution in [0, 0.1) is 11.3 Å². The molecule has 27 heavy (non-hydrogen) atoms. The highest BCUT2D eigenvalue weighted by molar-refractivity contribution is 5.91. The first-order chi connectivity index (χ1) is 13.3. The zero-order valence-corrected chi connectivity index (χ0v) is 14.5. The first-order valence-electron chi connectivity index (χ1n) is 8.84. The summed E-state index contributed by atoms with van der Waals surface area (Å²) in [6.07, 6.45) is 0. The maximum Gasteiger partial charge on any atom is 0.205 e. The summed E-state index contributed by atoms with van der Waals surface area (Å²) in [6.45, 7) is 0. The number of hydrogen-bond donors (Lipinski definition) is 1. The second-order valence-corrected chi connectivity index (χ2v) is 6.74. The van der Waals surface area contributed by atoms with Crippen molar-refractivity contribution in [1.29, 1.82) is 5.26 Å². The molecule has 0 fully saturated rings. The van der Waals surface area contributed by atoms with Gasteiger partial charge in [-0.25, -0.2) is 0 Å². The van der Waals surface area contributed by atoms with E-state index in [4.69, 9.17) is 10.5 Å². The molecule has 1 heterocycles. The Morgan fingerprint density at radius 2 is 1.52 bits per heavy atom. The molecule has 0 amide bonds. The van der Waals surface area contributed by atoms with Crippen molar-refractivity contribution in [2.75, 3.05) is 0 Å². The molecule has 1 aliphatic rings. The summed E-state index contributed by atoms with van der Waals surface area (Å²) in [5.74, 6) is 0.676. The minimum absolute atomic E-state index is 0.180. The molecule has 3 nitrogen and oxygen atoms in total. The first kappa shape index (κ1) is 15.5. The second kappa shape index (κ2) is 5.89. The minimum Gasteiger partial charge on any atom is -0.440 e. The van der Waals surface area contributed by atoms with E-state index in [2.05, 4.69) is 42.5 Å². The van der Waals surface area contributed by atoms with Crippen LogP contribution in [0.1, 0.15) is 17.0 Å². The van der Waals surface area contributed by atoms with Crippen LogP contribution in [0.15, 0.2) is 90.3 Å². The molecule has 1 aliphatic heterocycles. The number of hydrogen-bond acceptors (Lipinski definition) is 3. The van der Waals surface area contributed by atoms with Gasteiger partial charge in [0, 0.05) is 10.9 Å². The van der Waals surface area contributed by atoms with Crippen molar-refractivity contribution in [3.05, 3.63) is 101 Å². The number of nitriles is 1. The normalized spacial score (nSPS) is 16.0. The fraction of sp³-hybridized carbons (Fsp3) is 0.0417. The predicted octanol–water partition coefficient (Wildman–Crippen LogP) is 5.21. The van der Waals surface area contributed by atoms with Gasteiger partial charge in [0.1, 0.15) is 17.4 Å². The Bertz CT molecular complexity index is 1280. The van der Waals surface area contributed by atoms with E-state index in [-0.39, 0.29) is 11.8 Å². The van der Waals surface area contributed by atoms with Crippen LogP contribution < -0.4 is 10.5 Å². The molecule has 0 spiro atoms. The molecule has 5 rings (SSSR count). The fourth-order valence-electron chi connectivity index (χ4n) is 3.92. The van der Waals surface area contributed by atoms with Crippen LogP contribution in [0.2, 0.25) is 0 Å². The number of allylic oxidation sites excluding steroid dienone is 1. The molecule has 4 aromatic carbocycles. The maximum atomic E-state index is 9.78. The van der Waals surface area contributed by atoms with Gasteiger partial charge in [0.15, 0.2) is 0 Å². The summed E-state index contributed by atoms with van der Waals surface area (Å²) in [5.41, 5.74) is 8.63. The highest BCUT2D eigenvalue weighted by atomic mass is 16.5. The van der Waals surface area contributed by atoms with E-state index in [9.17, 15) is 5.26 Å². The molecule has 0 radical (unpaired) electrons. The Labute approximate surface area is 156 Å². The fourth-order valence-corrected chi connectivity index (χ4v) is 3.92. The maximum absolute atomic E-state index is 9.78. The predicted molar refractivity (Wildman–Crippen MR) is 107 cm³/mol. The molecular formula is C24H16N2O. The molecule has 3 heteroatoms. The third kappa shape index (κ3) is 2.35. The average molecular weight is 348 g/mol. The molecule has 0 unspecified atom stereocenters. The molecular weight excluding hydrogens is 332 g/mol. The number of fused-ring (bicyclic) bond motifs is 4. The Kier molecular flexibility index (Phi) is 3.38. The molecule has 0 aliphatic carbocycles. The topological polar surface area (TPSA) is 59.0 Å². The van der Waals surface area contributed by atoms with Gasteiger partial charge in [0.2, 0.25) is 5.88 Å². The Morgan fingerprint density at radius 3 is 2.33 bits per heavy atom. The van der Waals surface area contributed by atoms with Crippen molar-refractivity contribution in [2.45, 2.75) is 5.92 Å². The zero-order valence-electron chi connectivity index (χ0n) is 14.5. The first-order valence-corrected chi connectivity index (χ1v) is 8.84. The second-order valence-electron chi connectivity index (χ2n) is 6.74. The molecule has 0 aromatic heterocycles. The standard InChI is InChI=1S/C24H16N2O/c25-14-21-22(18-10-9-15-5-1-2-7-17(15)13-18)20-12-11-16-6-3-4-8-19(16)23(20)27-24(21)26/h1-13,22H,26H2/t22-/m0/s1. The van der Waals surface area contributed by atoms with Gasteiger partial charge in [-0.1, -0.05) is 78.9 Å². The quantitative estimate of drug-likeness (QED) is 0.513. The summed E-state index contributed by atoms with van der Waals surface area (Å²) in [6, 6.07) is 28.9. The molecule has 4 aromatic rings. The smallest absolute Gasteiger partial charge is 0.205 e. The van der Waals surface area contributed by atoms with Crippen LogP contribution in [-0.4, -0.2) is 0 Å². The van der Waals surface area contributed by atoms with Gasteiger partial charge in [-0.05, 0) is 21.7 Å². The highest BCUT2D eigenvalue weighted by Crippen LogP contribution is 2.45. The Balaban J connectivity index is 1.79. The van der Waals surface area contributed by atoms with Crippen molar-refractivity contribution in [1.82, 2.24) is 0 Å². The number of ether oxygens (including phenoxy) is 1. The van der Waals surface area contributed by atoms with Gasteiger partial charge < -0.3 is 10.5 Å². The molecule has 0 bridgehead atoms. The lowest BCUT2D eigenvalue weighted by Gasteiger charge is -2.27. The van der Waals surface area contributed by atoms with Crippen molar-refractivity contribution in [3.8, 4) is 11.8 Å². The van der Waals surface area contributed by atoms with Crippen LogP contribution in [-0.2, 0) is 0 Å². The number of rotatable bonds is 1. The molecule has 128 valence electrons. The number of benzene rings is 4. The van der Waals surface area contributed by atoms with Crippen LogP contribution >= 0.6 is 0 Å². The van der Waals surface area contributed by atoms with E-state index in [1.807, 2.05) is 42.5 Å². The number of nitrogens with zero attached hydrogens (tertiary/aromatic N) is 1. The molecule has 1 atom stereocenters. The third-order valence-corrected chi connectivity index (χ3v) is 5.21. The van der Waals surface area contributed by atoms with Crippen LogP contribution in [0.3, 0.4) is 0 Å². The van der Waals surface area contributed by atoms with Crippen molar-refractivity contribution in [3.63, 3.8) is 0 Å². The van der Waals surface area contributed by atoms with Crippen molar-refractivity contribution in [2.24, 2.45) is 5.73 Å². The van der Waals surface area contributed by atoms with E-state index in [0.29, 0.717) is 5.57 Å². The van der Waals surface area contributed by atoms with Gasteiger partial charge in [-0.3, -0.25) is 0 Å². The summed E-state index contributed by atoms with van der Waals surface area (Å²) in [4.78, 5) is 0. The Hall–Kier alpha value is -3.77. The van der Waals surface area contributed by atoms with E-state index in [1.54, 1.807) is 0 Å². The summed E-state index contributed by atoms with van der Waals surface area (Å²) >= 11 is 0.